The van der Waals surface area contributed by atoms with Gasteiger partial charge >= 0.3 is 5.97 Å². The molecule has 25 heavy (non-hydrogen) atoms. The maximum atomic E-state index is 11.6. The van der Waals surface area contributed by atoms with Gasteiger partial charge in [0.2, 0.25) is 5.91 Å². The lowest BCUT2D eigenvalue weighted by molar-refractivity contribution is -0.141. The molecule has 0 saturated heterocycles. The van der Waals surface area contributed by atoms with Crippen molar-refractivity contribution in [2.24, 2.45) is 4.99 Å². The van der Waals surface area contributed by atoms with Crippen molar-refractivity contribution in [1.82, 2.24) is 5.32 Å². The molecule has 6 heteroatoms. The van der Waals surface area contributed by atoms with Crippen LogP contribution in [0, 0.1) is 0 Å². The van der Waals surface area contributed by atoms with Crippen LogP contribution in [-0.2, 0) is 25.5 Å². The Balaban J connectivity index is 2.80. The number of ether oxygens (including phenoxy) is 2. The second-order valence-electron chi connectivity index (χ2n) is 5.14. The first-order valence-corrected chi connectivity index (χ1v) is 7.87. The van der Waals surface area contributed by atoms with Crippen LogP contribution in [0.25, 0.3) is 5.57 Å². The van der Waals surface area contributed by atoms with Crippen LogP contribution in [0.1, 0.15) is 18.1 Å². The van der Waals surface area contributed by atoms with Crippen LogP contribution in [0.3, 0.4) is 0 Å². The number of carbonyl (C=O) groups excluding carboxylic acids is 2. The molecule has 0 unspecified atom stereocenters. The maximum Gasteiger partial charge on any atom is 0.325 e. The third-order valence-corrected chi connectivity index (χ3v) is 3.40. The first-order chi connectivity index (χ1) is 12.0. The number of benzene rings is 1. The van der Waals surface area contributed by atoms with Gasteiger partial charge in [0.05, 0.1) is 14.2 Å². The van der Waals surface area contributed by atoms with Gasteiger partial charge < -0.3 is 14.8 Å². The molecule has 0 bridgehead atoms. The number of nitrogens with one attached hydrogen (secondary N) is 1. The number of rotatable bonds is 9. The Kier molecular flexibility index (Phi) is 8.71. The van der Waals surface area contributed by atoms with E-state index in [1.807, 2.05) is 24.3 Å². The molecule has 0 saturated carbocycles. The minimum atomic E-state index is -0.509. The summed E-state index contributed by atoms with van der Waals surface area (Å²) in [7, 11) is 2.80. The Morgan fingerprint density at radius 2 is 1.88 bits per heavy atom. The predicted octanol–water partition coefficient (Wildman–Crippen LogP) is 2.15. The van der Waals surface area contributed by atoms with Crippen LogP contribution in [0.4, 0.5) is 0 Å². The number of hydrogen-bond donors (Lipinski definition) is 1. The Bertz CT molecular complexity index is 661. The average Bonchev–Trinajstić information content (AvgIpc) is 2.65. The molecule has 0 aliphatic heterocycles. The molecular formula is C19H24N2O4. The summed E-state index contributed by atoms with van der Waals surface area (Å²) < 4.78 is 9.54. The monoisotopic (exact) mass is 344 g/mol. The summed E-state index contributed by atoms with van der Waals surface area (Å²) in [6.07, 6.45) is 4.29. The number of aryl methyl sites for hydroxylation is 1. The number of carbonyl (C=O) groups is 2. The van der Waals surface area contributed by atoms with Crippen LogP contribution in [0.2, 0.25) is 0 Å². The van der Waals surface area contributed by atoms with E-state index in [1.165, 1.54) is 19.8 Å². The van der Waals surface area contributed by atoms with E-state index in [0.29, 0.717) is 5.76 Å². The van der Waals surface area contributed by atoms with E-state index in [4.69, 9.17) is 4.74 Å². The molecule has 0 aromatic heterocycles. The molecule has 134 valence electrons. The average molecular weight is 344 g/mol. The van der Waals surface area contributed by atoms with Crippen LogP contribution in [0.5, 0.6) is 0 Å². The summed E-state index contributed by atoms with van der Waals surface area (Å²) in [6.45, 7) is 5.60. The van der Waals surface area contributed by atoms with Crippen molar-refractivity contribution >= 4 is 23.7 Å². The summed E-state index contributed by atoms with van der Waals surface area (Å²) in [5.41, 5.74) is 2.94. The minimum absolute atomic E-state index is 0.0964. The highest BCUT2D eigenvalue weighted by atomic mass is 16.5. The number of allylic oxidation sites excluding steroid dienone is 2. The molecule has 1 rings (SSSR count). The zero-order valence-electron chi connectivity index (χ0n) is 14.9. The number of methoxy groups -OCH3 is 2. The highest BCUT2D eigenvalue weighted by Gasteiger charge is 2.05. The van der Waals surface area contributed by atoms with Crippen molar-refractivity contribution in [3.05, 3.63) is 53.8 Å². The third kappa shape index (κ3) is 7.48. The third-order valence-electron chi connectivity index (χ3n) is 3.40. The Labute approximate surface area is 148 Å². The fraction of sp³-hybridized carbons (Fsp3) is 0.316. The summed E-state index contributed by atoms with van der Waals surface area (Å²) in [6, 6.07) is 8.04. The molecule has 6 nitrogen and oxygen atoms in total. The lowest BCUT2D eigenvalue weighted by Crippen LogP contribution is -2.31. The number of hydrogen-bond acceptors (Lipinski definition) is 5. The van der Waals surface area contributed by atoms with Gasteiger partial charge in [-0.3, -0.25) is 14.6 Å². The quantitative estimate of drug-likeness (QED) is 0.322. The normalized spacial score (nSPS) is 11.2. The highest BCUT2D eigenvalue weighted by molar-refractivity contribution is 6.10. The molecule has 0 aliphatic carbocycles. The first-order valence-electron chi connectivity index (χ1n) is 7.87. The molecule has 0 fully saturated rings. The Morgan fingerprint density at radius 3 is 2.44 bits per heavy atom. The van der Waals surface area contributed by atoms with Gasteiger partial charge in [-0.1, -0.05) is 37.8 Å². The van der Waals surface area contributed by atoms with Crippen molar-refractivity contribution in [3.8, 4) is 0 Å². The van der Waals surface area contributed by atoms with Crippen molar-refractivity contribution < 1.29 is 19.1 Å². The van der Waals surface area contributed by atoms with Gasteiger partial charge in [0, 0.05) is 11.8 Å². The molecule has 1 amide bonds. The molecular weight excluding hydrogens is 320 g/mol. The molecule has 0 spiro atoms. The van der Waals surface area contributed by atoms with Gasteiger partial charge in [0.15, 0.2) is 0 Å². The molecule has 1 aromatic carbocycles. The summed E-state index contributed by atoms with van der Waals surface area (Å²) in [4.78, 5) is 26.8. The molecule has 1 aromatic rings. The maximum absolute atomic E-state index is 11.6. The Hall–Kier alpha value is -2.89. The number of esters is 1. The van der Waals surface area contributed by atoms with Gasteiger partial charge in [0.1, 0.15) is 18.8 Å². The second-order valence-corrected chi connectivity index (χ2v) is 5.14. The summed E-state index contributed by atoms with van der Waals surface area (Å²) in [5.74, 6) is -0.394. The predicted molar refractivity (Wildman–Crippen MR) is 98.3 cm³/mol. The Morgan fingerprint density at radius 1 is 1.20 bits per heavy atom. The minimum Gasteiger partial charge on any atom is -0.497 e. The molecule has 0 aliphatic rings. The largest absolute Gasteiger partial charge is 0.497 e. The van der Waals surface area contributed by atoms with E-state index in [0.717, 1.165) is 17.6 Å². The van der Waals surface area contributed by atoms with Crippen LogP contribution in [-0.4, -0.2) is 45.4 Å². The fourth-order valence-electron chi connectivity index (χ4n) is 1.89. The van der Waals surface area contributed by atoms with Crippen molar-refractivity contribution in [1.29, 1.82) is 0 Å². The van der Waals surface area contributed by atoms with Gasteiger partial charge in [0.25, 0.3) is 0 Å². The zero-order chi connectivity index (χ0) is 18.7. The molecule has 0 radical (unpaired) electrons. The standard InChI is InChI=1S/C19H24N2O4/c1-5-15-6-8-16(9-7-15)17(10-14(2)24-3)11-20-12-18(22)21-13-19(23)25-4/h6-11H,2,5,12-13H2,1,3-4H3,(H,21,22)/b17-10+,20-11?. The SMILES string of the molecule is C=C(/C=C(\C=NCC(=O)NCC(=O)OC)c1ccc(CC)cc1)OC. The smallest absolute Gasteiger partial charge is 0.325 e. The summed E-state index contributed by atoms with van der Waals surface area (Å²) >= 11 is 0. The number of amides is 1. The van der Waals surface area contributed by atoms with E-state index in [2.05, 4.69) is 28.5 Å². The second kappa shape index (κ2) is 10.8. The van der Waals surface area contributed by atoms with E-state index < -0.39 is 5.97 Å². The highest BCUT2D eigenvalue weighted by Crippen LogP contribution is 2.16. The van der Waals surface area contributed by atoms with E-state index >= 15 is 0 Å². The van der Waals surface area contributed by atoms with Crippen molar-refractivity contribution in [3.63, 3.8) is 0 Å². The van der Waals surface area contributed by atoms with Gasteiger partial charge in [-0.2, -0.15) is 0 Å². The van der Waals surface area contributed by atoms with Crippen LogP contribution >= 0.6 is 0 Å². The van der Waals surface area contributed by atoms with Crippen molar-refractivity contribution in [2.75, 3.05) is 27.3 Å². The van der Waals surface area contributed by atoms with Crippen LogP contribution < -0.4 is 5.32 Å². The molecule has 0 heterocycles. The molecule has 0 atom stereocenters. The number of nitrogens with zero attached hydrogens (tertiary/aromatic N) is 1. The van der Waals surface area contributed by atoms with Gasteiger partial charge in [-0.15, -0.1) is 0 Å². The van der Waals surface area contributed by atoms with E-state index in [-0.39, 0.29) is 19.0 Å². The van der Waals surface area contributed by atoms with Crippen molar-refractivity contribution in [2.45, 2.75) is 13.3 Å². The van der Waals surface area contributed by atoms with E-state index in [9.17, 15) is 9.59 Å². The molecule has 1 N–H and O–H groups in total. The fourth-order valence-corrected chi connectivity index (χ4v) is 1.89. The van der Waals surface area contributed by atoms with E-state index in [1.54, 1.807) is 12.3 Å². The summed E-state index contributed by atoms with van der Waals surface area (Å²) in [5, 5.41) is 2.42. The van der Waals surface area contributed by atoms with Crippen LogP contribution in [0.15, 0.2) is 47.7 Å². The lowest BCUT2D eigenvalue weighted by atomic mass is 10.0. The topological polar surface area (TPSA) is 77.0 Å². The first kappa shape index (κ1) is 20.2. The van der Waals surface area contributed by atoms with Gasteiger partial charge in [-0.05, 0) is 23.6 Å². The number of aliphatic imine (C=N–C) groups is 1. The van der Waals surface area contributed by atoms with Gasteiger partial charge in [-0.25, -0.2) is 0 Å². The lowest BCUT2D eigenvalue weighted by Gasteiger charge is -2.06. The zero-order valence-corrected chi connectivity index (χ0v) is 14.9.